The maximum atomic E-state index is 10.9. The van der Waals surface area contributed by atoms with Crippen LogP contribution in [0.25, 0.3) is 0 Å². The number of sulfonamides is 1. The van der Waals surface area contributed by atoms with Gasteiger partial charge < -0.3 is 4.74 Å². The Morgan fingerprint density at radius 1 is 1.60 bits per heavy atom. The smallest absolute Gasteiger partial charge is 0.241 e. The van der Waals surface area contributed by atoms with Gasteiger partial charge in [0, 0.05) is 26.0 Å². The number of aryl methyl sites for hydroxylation is 1. The third-order valence-corrected chi connectivity index (χ3v) is 2.69. The maximum Gasteiger partial charge on any atom is 0.241 e. The van der Waals surface area contributed by atoms with Gasteiger partial charge in [-0.1, -0.05) is 0 Å². The van der Waals surface area contributed by atoms with E-state index >= 15 is 0 Å². The predicted octanol–water partition coefficient (Wildman–Crippen LogP) is -0.0429. The first-order valence-electron chi connectivity index (χ1n) is 4.67. The molecule has 0 saturated heterocycles. The standard InChI is InChI=1S/C8H15N3O3S/c1-2-14-5-3-4-11-7-8(6-10-11)15(9,12)13/h6-7H,2-5H2,1H3,(H2,9,12,13). The van der Waals surface area contributed by atoms with Gasteiger partial charge in [-0.15, -0.1) is 0 Å². The summed E-state index contributed by atoms with van der Waals surface area (Å²) in [6, 6.07) is 0. The van der Waals surface area contributed by atoms with Crippen molar-refractivity contribution >= 4 is 10.0 Å². The molecule has 1 aromatic rings. The van der Waals surface area contributed by atoms with Gasteiger partial charge in [-0.2, -0.15) is 5.10 Å². The van der Waals surface area contributed by atoms with Crippen LogP contribution in [0.3, 0.4) is 0 Å². The summed E-state index contributed by atoms with van der Waals surface area (Å²) in [4.78, 5) is 0.0407. The molecule has 0 amide bonds. The lowest BCUT2D eigenvalue weighted by Gasteiger charge is -2.01. The number of aromatic nitrogens is 2. The summed E-state index contributed by atoms with van der Waals surface area (Å²) < 4.78 is 28.5. The van der Waals surface area contributed by atoms with Crippen LogP contribution < -0.4 is 5.14 Å². The van der Waals surface area contributed by atoms with Crippen molar-refractivity contribution in [1.82, 2.24) is 9.78 Å². The minimum Gasteiger partial charge on any atom is -0.382 e. The van der Waals surface area contributed by atoms with Crippen LogP contribution >= 0.6 is 0 Å². The molecule has 0 unspecified atom stereocenters. The van der Waals surface area contributed by atoms with Gasteiger partial charge in [0.15, 0.2) is 0 Å². The van der Waals surface area contributed by atoms with Crippen LogP contribution in [0.1, 0.15) is 13.3 Å². The van der Waals surface area contributed by atoms with Crippen molar-refractivity contribution in [2.45, 2.75) is 24.8 Å². The lowest BCUT2D eigenvalue weighted by molar-refractivity contribution is 0.141. The molecular weight excluding hydrogens is 218 g/mol. The Kier molecular flexibility index (Phi) is 4.25. The molecule has 0 aliphatic rings. The molecule has 0 aliphatic carbocycles. The van der Waals surface area contributed by atoms with Gasteiger partial charge >= 0.3 is 0 Å². The second-order valence-corrected chi connectivity index (χ2v) is 4.60. The van der Waals surface area contributed by atoms with Gasteiger partial charge in [0.25, 0.3) is 0 Å². The highest BCUT2D eigenvalue weighted by Crippen LogP contribution is 2.04. The number of ether oxygens (including phenoxy) is 1. The molecule has 0 spiro atoms. The highest BCUT2D eigenvalue weighted by atomic mass is 32.2. The van der Waals surface area contributed by atoms with Gasteiger partial charge in [-0.05, 0) is 13.3 Å². The number of nitrogens with zero attached hydrogens (tertiary/aromatic N) is 2. The number of hydrogen-bond donors (Lipinski definition) is 1. The molecule has 0 aromatic carbocycles. The predicted molar refractivity (Wildman–Crippen MR) is 54.7 cm³/mol. The molecular formula is C8H15N3O3S. The molecule has 0 saturated carbocycles. The quantitative estimate of drug-likeness (QED) is 0.698. The van der Waals surface area contributed by atoms with E-state index in [1.54, 1.807) is 4.68 Å². The minimum atomic E-state index is -3.63. The Labute approximate surface area is 89.1 Å². The number of primary sulfonamides is 1. The summed E-state index contributed by atoms with van der Waals surface area (Å²) in [5.41, 5.74) is 0. The maximum absolute atomic E-state index is 10.9. The van der Waals surface area contributed by atoms with Gasteiger partial charge in [0.05, 0.1) is 6.20 Å². The third-order valence-electron chi connectivity index (χ3n) is 1.82. The van der Waals surface area contributed by atoms with E-state index in [1.807, 2.05) is 6.92 Å². The van der Waals surface area contributed by atoms with E-state index in [4.69, 9.17) is 9.88 Å². The molecule has 86 valence electrons. The fourth-order valence-electron chi connectivity index (χ4n) is 1.09. The van der Waals surface area contributed by atoms with Crippen LogP contribution in [0.5, 0.6) is 0 Å². The van der Waals surface area contributed by atoms with E-state index in [-0.39, 0.29) is 4.90 Å². The van der Waals surface area contributed by atoms with Gasteiger partial charge in [-0.3, -0.25) is 4.68 Å². The molecule has 0 fully saturated rings. The lowest BCUT2D eigenvalue weighted by Crippen LogP contribution is -2.11. The molecule has 0 radical (unpaired) electrons. The summed E-state index contributed by atoms with van der Waals surface area (Å²) in [5, 5.41) is 8.82. The Balaban J connectivity index is 2.47. The van der Waals surface area contributed by atoms with E-state index in [1.165, 1.54) is 12.4 Å². The molecule has 0 atom stereocenters. The van der Waals surface area contributed by atoms with Crippen molar-refractivity contribution in [2.75, 3.05) is 13.2 Å². The molecule has 2 N–H and O–H groups in total. The normalized spacial score (nSPS) is 11.9. The van der Waals surface area contributed by atoms with Gasteiger partial charge in [0.1, 0.15) is 4.90 Å². The summed E-state index contributed by atoms with van der Waals surface area (Å²) in [6.07, 6.45) is 3.46. The first-order valence-corrected chi connectivity index (χ1v) is 6.21. The SMILES string of the molecule is CCOCCCn1cc(S(N)(=O)=O)cn1. The highest BCUT2D eigenvalue weighted by Gasteiger charge is 2.09. The zero-order valence-corrected chi connectivity index (χ0v) is 9.40. The second kappa shape index (κ2) is 5.24. The first kappa shape index (κ1) is 12.2. The first-order chi connectivity index (χ1) is 7.04. The fraction of sp³-hybridized carbons (Fsp3) is 0.625. The highest BCUT2D eigenvalue weighted by molar-refractivity contribution is 7.89. The Morgan fingerprint density at radius 3 is 2.87 bits per heavy atom. The van der Waals surface area contributed by atoms with E-state index in [9.17, 15) is 8.42 Å². The van der Waals surface area contributed by atoms with Crippen molar-refractivity contribution in [3.8, 4) is 0 Å². The summed E-state index contributed by atoms with van der Waals surface area (Å²) in [6.45, 7) is 3.87. The monoisotopic (exact) mass is 233 g/mol. The largest absolute Gasteiger partial charge is 0.382 e. The average Bonchev–Trinajstić information content (AvgIpc) is 2.60. The van der Waals surface area contributed by atoms with E-state index in [0.29, 0.717) is 19.8 Å². The summed E-state index contributed by atoms with van der Waals surface area (Å²) in [5.74, 6) is 0. The van der Waals surface area contributed by atoms with Crippen molar-refractivity contribution in [2.24, 2.45) is 5.14 Å². The van der Waals surface area contributed by atoms with E-state index in [0.717, 1.165) is 6.42 Å². The zero-order chi connectivity index (χ0) is 11.3. The van der Waals surface area contributed by atoms with Crippen LogP contribution in [-0.2, 0) is 21.3 Å². The third kappa shape index (κ3) is 3.98. The topological polar surface area (TPSA) is 87.2 Å². The van der Waals surface area contributed by atoms with Crippen LogP contribution in [0.4, 0.5) is 0 Å². The van der Waals surface area contributed by atoms with Crippen molar-refractivity contribution in [3.63, 3.8) is 0 Å². The van der Waals surface area contributed by atoms with Gasteiger partial charge in [-0.25, -0.2) is 13.6 Å². The Morgan fingerprint density at radius 2 is 2.33 bits per heavy atom. The van der Waals surface area contributed by atoms with E-state index < -0.39 is 10.0 Å². The average molecular weight is 233 g/mol. The Bertz CT molecular complexity index is 399. The van der Waals surface area contributed by atoms with Crippen LogP contribution in [0.2, 0.25) is 0 Å². The van der Waals surface area contributed by atoms with Crippen LogP contribution in [-0.4, -0.2) is 31.4 Å². The molecule has 6 nitrogen and oxygen atoms in total. The molecule has 15 heavy (non-hydrogen) atoms. The van der Waals surface area contributed by atoms with Crippen LogP contribution in [0.15, 0.2) is 17.3 Å². The molecule has 1 heterocycles. The van der Waals surface area contributed by atoms with Crippen molar-refractivity contribution in [1.29, 1.82) is 0 Å². The second-order valence-electron chi connectivity index (χ2n) is 3.03. The summed E-state index contributed by atoms with van der Waals surface area (Å²) in [7, 11) is -3.63. The number of rotatable bonds is 6. The molecule has 0 bridgehead atoms. The van der Waals surface area contributed by atoms with E-state index in [2.05, 4.69) is 5.10 Å². The summed E-state index contributed by atoms with van der Waals surface area (Å²) >= 11 is 0. The Hall–Kier alpha value is -0.920. The van der Waals surface area contributed by atoms with Crippen molar-refractivity contribution in [3.05, 3.63) is 12.4 Å². The molecule has 0 aliphatic heterocycles. The van der Waals surface area contributed by atoms with Crippen LogP contribution in [0, 0.1) is 0 Å². The minimum absolute atomic E-state index is 0.0407. The van der Waals surface area contributed by atoms with Gasteiger partial charge in [0.2, 0.25) is 10.0 Å². The fourth-order valence-corrected chi connectivity index (χ4v) is 1.55. The lowest BCUT2D eigenvalue weighted by atomic mass is 10.4. The number of hydrogen-bond acceptors (Lipinski definition) is 4. The number of nitrogens with two attached hydrogens (primary N) is 1. The van der Waals surface area contributed by atoms with Crippen molar-refractivity contribution < 1.29 is 13.2 Å². The molecule has 1 rings (SSSR count). The zero-order valence-electron chi connectivity index (χ0n) is 8.59. The molecule has 7 heteroatoms. The molecule has 1 aromatic heterocycles.